The Hall–Kier alpha value is -1.55. The van der Waals surface area contributed by atoms with Crippen molar-refractivity contribution >= 4 is 23.5 Å². The lowest BCUT2D eigenvalue weighted by molar-refractivity contribution is -0.139. The van der Waals surface area contributed by atoms with E-state index in [4.69, 9.17) is 16.7 Å². The van der Waals surface area contributed by atoms with Crippen molar-refractivity contribution in [2.45, 2.75) is 46.1 Å². The van der Waals surface area contributed by atoms with Crippen molar-refractivity contribution in [3.63, 3.8) is 0 Å². The van der Waals surface area contributed by atoms with Gasteiger partial charge in [0.1, 0.15) is 0 Å². The molecule has 0 fully saturated rings. The Morgan fingerprint density at radius 2 is 1.95 bits per heavy atom. The fraction of sp³-hybridized carbons (Fsp3) is 0.500. The van der Waals surface area contributed by atoms with Gasteiger partial charge in [0.25, 0.3) is 0 Å². The molecule has 21 heavy (non-hydrogen) atoms. The van der Waals surface area contributed by atoms with Crippen LogP contribution < -0.4 is 0 Å². The molecule has 0 aliphatic heterocycles. The van der Waals surface area contributed by atoms with E-state index < -0.39 is 5.97 Å². The van der Waals surface area contributed by atoms with Gasteiger partial charge in [-0.25, -0.2) is 0 Å². The van der Waals surface area contributed by atoms with E-state index >= 15 is 0 Å². The molecule has 1 amide bonds. The summed E-state index contributed by atoms with van der Waals surface area (Å²) in [6, 6.07) is 5.78. The van der Waals surface area contributed by atoms with Gasteiger partial charge in [-0.2, -0.15) is 0 Å². The van der Waals surface area contributed by atoms with Gasteiger partial charge in [0, 0.05) is 24.0 Å². The highest BCUT2D eigenvalue weighted by Gasteiger charge is 2.17. The number of carbonyl (C=O) groups is 2. The summed E-state index contributed by atoms with van der Waals surface area (Å²) in [5, 5.41) is 9.44. The first-order valence-electron chi connectivity index (χ1n) is 7.07. The predicted octanol–water partition coefficient (Wildman–Crippen LogP) is 3.29. The normalized spacial score (nSPS) is 10.7. The molecule has 0 heterocycles. The molecule has 0 bridgehead atoms. The highest BCUT2D eigenvalue weighted by Crippen LogP contribution is 2.18. The molecule has 0 saturated carbocycles. The standard InChI is InChI=1S/C16H22ClNO3/c1-11(2)18(9-8-16(20)21)15(19)7-6-13-5-4-12(3)14(17)10-13/h4-5,10-11H,6-9H2,1-3H3,(H,20,21). The molecule has 0 aliphatic rings. The summed E-state index contributed by atoms with van der Waals surface area (Å²) in [5.41, 5.74) is 2.03. The van der Waals surface area contributed by atoms with E-state index in [1.807, 2.05) is 39.0 Å². The molecule has 0 saturated heterocycles. The van der Waals surface area contributed by atoms with Crippen LogP contribution in [0, 0.1) is 6.92 Å². The van der Waals surface area contributed by atoms with Crippen LogP contribution in [0.1, 0.15) is 37.8 Å². The minimum absolute atomic E-state index is 0.00143. The number of carboxylic acid groups (broad SMARTS) is 1. The third kappa shape index (κ3) is 5.76. The van der Waals surface area contributed by atoms with Gasteiger partial charge in [0.15, 0.2) is 0 Å². The molecule has 1 rings (SSSR count). The predicted molar refractivity (Wildman–Crippen MR) is 83.6 cm³/mol. The lowest BCUT2D eigenvalue weighted by Crippen LogP contribution is -2.38. The Kier molecular flexibility index (Phi) is 6.69. The Balaban J connectivity index is 2.60. The highest BCUT2D eigenvalue weighted by molar-refractivity contribution is 6.31. The van der Waals surface area contributed by atoms with Crippen molar-refractivity contribution in [1.82, 2.24) is 4.90 Å². The molecule has 1 aromatic rings. The number of nitrogens with zero attached hydrogens (tertiary/aromatic N) is 1. The number of aliphatic carboxylic acids is 1. The zero-order chi connectivity index (χ0) is 16.0. The number of benzene rings is 1. The zero-order valence-electron chi connectivity index (χ0n) is 12.7. The number of hydrogen-bond donors (Lipinski definition) is 1. The van der Waals surface area contributed by atoms with Crippen LogP contribution in [0.3, 0.4) is 0 Å². The second-order valence-electron chi connectivity index (χ2n) is 5.41. The molecule has 0 aromatic heterocycles. The quantitative estimate of drug-likeness (QED) is 0.840. The average molecular weight is 312 g/mol. The third-order valence-corrected chi connectivity index (χ3v) is 3.78. The van der Waals surface area contributed by atoms with Gasteiger partial charge >= 0.3 is 5.97 Å². The smallest absolute Gasteiger partial charge is 0.305 e. The number of carboxylic acids is 1. The zero-order valence-corrected chi connectivity index (χ0v) is 13.5. The first-order chi connectivity index (χ1) is 9.81. The summed E-state index contributed by atoms with van der Waals surface area (Å²) >= 11 is 6.07. The van der Waals surface area contributed by atoms with Gasteiger partial charge in [0.2, 0.25) is 5.91 Å². The van der Waals surface area contributed by atoms with E-state index in [2.05, 4.69) is 0 Å². The van der Waals surface area contributed by atoms with Crippen LogP contribution in [0.25, 0.3) is 0 Å². The molecule has 4 nitrogen and oxygen atoms in total. The lowest BCUT2D eigenvalue weighted by Gasteiger charge is -2.26. The van der Waals surface area contributed by atoms with Gasteiger partial charge in [-0.15, -0.1) is 0 Å². The minimum atomic E-state index is -0.890. The van der Waals surface area contributed by atoms with Gasteiger partial charge in [0.05, 0.1) is 6.42 Å². The third-order valence-electron chi connectivity index (χ3n) is 3.37. The maximum Gasteiger partial charge on any atom is 0.305 e. The van der Waals surface area contributed by atoms with Crippen molar-refractivity contribution in [3.05, 3.63) is 34.3 Å². The van der Waals surface area contributed by atoms with Crippen molar-refractivity contribution < 1.29 is 14.7 Å². The second kappa shape index (κ2) is 8.03. The lowest BCUT2D eigenvalue weighted by atomic mass is 10.1. The van der Waals surface area contributed by atoms with Crippen molar-refractivity contribution in [2.24, 2.45) is 0 Å². The van der Waals surface area contributed by atoms with Crippen molar-refractivity contribution in [3.8, 4) is 0 Å². The molecule has 5 heteroatoms. The van der Waals surface area contributed by atoms with Gasteiger partial charge in [-0.05, 0) is 44.4 Å². The largest absolute Gasteiger partial charge is 0.481 e. The SMILES string of the molecule is Cc1ccc(CCC(=O)N(CCC(=O)O)C(C)C)cc1Cl. The van der Waals surface area contributed by atoms with Crippen LogP contribution in [-0.4, -0.2) is 34.5 Å². The number of rotatable bonds is 7. The van der Waals surface area contributed by atoms with Crippen LogP contribution in [0.4, 0.5) is 0 Å². The van der Waals surface area contributed by atoms with Crippen LogP contribution in [0.15, 0.2) is 18.2 Å². The summed E-state index contributed by atoms with van der Waals surface area (Å²) in [6.07, 6.45) is 0.937. The van der Waals surface area contributed by atoms with E-state index in [0.29, 0.717) is 17.9 Å². The van der Waals surface area contributed by atoms with Gasteiger partial charge < -0.3 is 10.0 Å². The van der Waals surface area contributed by atoms with Crippen molar-refractivity contribution in [1.29, 1.82) is 0 Å². The van der Waals surface area contributed by atoms with Crippen molar-refractivity contribution in [2.75, 3.05) is 6.54 Å². The Bertz CT molecular complexity index is 514. The second-order valence-corrected chi connectivity index (χ2v) is 5.82. The number of carbonyl (C=O) groups excluding carboxylic acids is 1. The average Bonchev–Trinajstić information content (AvgIpc) is 2.39. The summed E-state index contributed by atoms with van der Waals surface area (Å²) in [5.74, 6) is -0.915. The highest BCUT2D eigenvalue weighted by atomic mass is 35.5. The Morgan fingerprint density at radius 3 is 2.48 bits per heavy atom. The first-order valence-corrected chi connectivity index (χ1v) is 7.45. The fourth-order valence-electron chi connectivity index (χ4n) is 2.07. The summed E-state index contributed by atoms with van der Waals surface area (Å²) < 4.78 is 0. The van der Waals surface area contributed by atoms with E-state index in [-0.39, 0.29) is 24.9 Å². The van der Waals surface area contributed by atoms with Crippen LogP contribution in [-0.2, 0) is 16.0 Å². The van der Waals surface area contributed by atoms with E-state index in [1.54, 1.807) is 4.90 Å². The maximum atomic E-state index is 12.2. The number of aryl methyl sites for hydroxylation is 2. The summed E-state index contributed by atoms with van der Waals surface area (Å²) in [7, 11) is 0. The molecule has 0 radical (unpaired) electrons. The van der Waals surface area contributed by atoms with Crippen LogP contribution in [0.2, 0.25) is 5.02 Å². The maximum absolute atomic E-state index is 12.2. The molecule has 1 aromatic carbocycles. The number of amides is 1. The molecule has 1 N–H and O–H groups in total. The molecular weight excluding hydrogens is 290 g/mol. The molecular formula is C16H22ClNO3. The number of halogens is 1. The summed E-state index contributed by atoms with van der Waals surface area (Å²) in [4.78, 5) is 24.5. The fourth-order valence-corrected chi connectivity index (χ4v) is 2.28. The van der Waals surface area contributed by atoms with E-state index in [1.165, 1.54) is 0 Å². The van der Waals surface area contributed by atoms with Gasteiger partial charge in [-0.1, -0.05) is 23.7 Å². The van der Waals surface area contributed by atoms with Gasteiger partial charge in [-0.3, -0.25) is 9.59 Å². The van der Waals surface area contributed by atoms with E-state index in [9.17, 15) is 9.59 Å². The Labute approximate surface area is 130 Å². The first kappa shape index (κ1) is 17.5. The molecule has 116 valence electrons. The van der Waals surface area contributed by atoms with Crippen LogP contribution in [0.5, 0.6) is 0 Å². The Morgan fingerprint density at radius 1 is 1.29 bits per heavy atom. The molecule has 0 atom stereocenters. The topological polar surface area (TPSA) is 57.6 Å². The number of hydrogen-bond acceptors (Lipinski definition) is 2. The molecule has 0 unspecified atom stereocenters. The molecule has 0 aliphatic carbocycles. The molecule has 0 spiro atoms. The monoisotopic (exact) mass is 311 g/mol. The minimum Gasteiger partial charge on any atom is -0.481 e. The summed E-state index contributed by atoms with van der Waals surface area (Å²) in [6.45, 7) is 5.97. The van der Waals surface area contributed by atoms with E-state index in [0.717, 1.165) is 11.1 Å². The van der Waals surface area contributed by atoms with Crippen LogP contribution >= 0.6 is 11.6 Å².